The molecule has 0 amide bonds. The van der Waals surface area contributed by atoms with Crippen LogP contribution in [0.4, 0.5) is 17.5 Å². The zero-order chi connectivity index (χ0) is 20.5. The van der Waals surface area contributed by atoms with Crippen LogP contribution in [0, 0.1) is 6.92 Å². The van der Waals surface area contributed by atoms with Gasteiger partial charge >= 0.3 is 0 Å². The number of furan rings is 1. The third-order valence-corrected chi connectivity index (χ3v) is 4.77. The van der Waals surface area contributed by atoms with Gasteiger partial charge in [0.15, 0.2) is 11.4 Å². The Morgan fingerprint density at radius 1 is 1.23 bits per heavy atom. The van der Waals surface area contributed by atoms with E-state index < -0.39 is 0 Å². The molecule has 1 atom stereocenters. The highest BCUT2D eigenvalue weighted by Crippen LogP contribution is 2.26. The fourth-order valence-corrected chi connectivity index (χ4v) is 3.31. The van der Waals surface area contributed by atoms with E-state index in [0.717, 1.165) is 24.5 Å². The summed E-state index contributed by atoms with van der Waals surface area (Å²) in [7, 11) is 0. The molecule has 1 saturated heterocycles. The molecule has 0 unspecified atom stereocenters. The SMILES string of the molecule is Cc1ccc(-c2nc(N)nc3c(Nc4cccc(CO[C@H]5CCOC5)n4)cnn23)o1. The second-order valence-corrected chi connectivity index (χ2v) is 7.05. The van der Waals surface area contributed by atoms with Crippen LogP contribution in [-0.2, 0) is 16.1 Å². The first-order chi connectivity index (χ1) is 14.7. The number of aryl methyl sites for hydroxylation is 1. The van der Waals surface area contributed by atoms with Gasteiger partial charge < -0.3 is 24.9 Å². The molecule has 1 fully saturated rings. The van der Waals surface area contributed by atoms with Gasteiger partial charge in [-0.3, -0.25) is 0 Å². The highest BCUT2D eigenvalue weighted by atomic mass is 16.5. The minimum Gasteiger partial charge on any atom is -0.458 e. The molecule has 30 heavy (non-hydrogen) atoms. The summed E-state index contributed by atoms with van der Waals surface area (Å²) in [5.41, 5.74) is 7.94. The van der Waals surface area contributed by atoms with Gasteiger partial charge in [-0.2, -0.15) is 19.6 Å². The number of rotatable bonds is 6. The highest BCUT2D eigenvalue weighted by Gasteiger charge is 2.18. The third-order valence-electron chi connectivity index (χ3n) is 4.77. The lowest BCUT2D eigenvalue weighted by Gasteiger charge is -2.10. The van der Waals surface area contributed by atoms with Gasteiger partial charge in [-0.25, -0.2) is 4.98 Å². The predicted octanol–water partition coefficient (Wildman–Crippen LogP) is 2.72. The Kier molecular flexibility index (Phi) is 4.77. The van der Waals surface area contributed by atoms with Crippen LogP contribution >= 0.6 is 0 Å². The molecule has 0 spiro atoms. The van der Waals surface area contributed by atoms with E-state index in [0.29, 0.717) is 42.0 Å². The molecule has 4 aromatic heterocycles. The summed E-state index contributed by atoms with van der Waals surface area (Å²) in [6.07, 6.45) is 2.70. The number of nitrogens with one attached hydrogen (secondary N) is 1. The predicted molar refractivity (Wildman–Crippen MR) is 109 cm³/mol. The number of anilines is 3. The molecule has 0 radical (unpaired) electrons. The van der Waals surface area contributed by atoms with Gasteiger partial charge in [0.25, 0.3) is 0 Å². The number of pyridine rings is 1. The summed E-state index contributed by atoms with van der Waals surface area (Å²) < 4.78 is 18.5. The fraction of sp³-hybridized carbons (Fsp3) is 0.300. The summed E-state index contributed by atoms with van der Waals surface area (Å²) in [6, 6.07) is 9.40. The molecule has 0 bridgehead atoms. The fourth-order valence-electron chi connectivity index (χ4n) is 3.31. The lowest BCUT2D eigenvalue weighted by atomic mass is 10.3. The average Bonchev–Trinajstić information content (AvgIpc) is 3.48. The van der Waals surface area contributed by atoms with Gasteiger partial charge in [0.05, 0.1) is 31.2 Å². The van der Waals surface area contributed by atoms with E-state index >= 15 is 0 Å². The van der Waals surface area contributed by atoms with Gasteiger partial charge in [-0.1, -0.05) is 6.07 Å². The van der Waals surface area contributed by atoms with Crippen molar-refractivity contribution < 1.29 is 13.9 Å². The second-order valence-electron chi connectivity index (χ2n) is 7.05. The van der Waals surface area contributed by atoms with Crippen molar-refractivity contribution in [2.75, 3.05) is 24.3 Å². The molecular formula is C20H21N7O3. The molecule has 10 nitrogen and oxygen atoms in total. The smallest absolute Gasteiger partial charge is 0.224 e. The van der Waals surface area contributed by atoms with Gasteiger partial charge in [-0.15, -0.1) is 0 Å². The lowest BCUT2D eigenvalue weighted by molar-refractivity contribution is 0.0302. The van der Waals surface area contributed by atoms with E-state index in [1.807, 2.05) is 37.3 Å². The quantitative estimate of drug-likeness (QED) is 0.496. The van der Waals surface area contributed by atoms with Crippen LogP contribution in [0.25, 0.3) is 17.2 Å². The minimum atomic E-state index is 0.129. The van der Waals surface area contributed by atoms with Crippen molar-refractivity contribution in [2.24, 2.45) is 0 Å². The summed E-state index contributed by atoms with van der Waals surface area (Å²) in [5.74, 6) is 2.60. The van der Waals surface area contributed by atoms with E-state index in [9.17, 15) is 0 Å². The molecule has 0 aliphatic carbocycles. The van der Waals surface area contributed by atoms with E-state index in [-0.39, 0.29) is 12.1 Å². The molecule has 0 aromatic carbocycles. The van der Waals surface area contributed by atoms with Gasteiger partial charge in [0, 0.05) is 6.61 Å². The highest BCUT2D eigenvalue weighted by molar-refractivity contribution is 5.74. The first kappa shape index (κ1) is 18.5. The number of nitrogens with two attached hydrogens (primary N) is 1. The van der Waals surface area contributed by atoms with E-state index in [2.05, 4.69) is 25.4 Å². The molecule has 4 aromatic rings. The molecule has 5 rings (SSSR count). The molecule has 5 heterocycles. The van der Waals surface area contributed by atoms with Crippen LogP contribution in [-0.4, -0.2) is 43.9 Å². The minimum absolute atomic E-state index is 0.129. The number of fused-ring (bicyclic) bond motifs is 1. The van der Waals surface area contributed by atoms with Crippen LogP contribution in [0.1, 0.15) is 17.9 Å². The summed E-state index contributed by atoms with van der Waals surface area (Å²) in [4.78, 5) is 13.2. The Hall–Kier alpha value is -3.50. The van der Waals surface area contributed by atoms with Crippen molar-refractivity contribution in [2.45, 2.75) is 26.1 Å². The standard InChI is InChI=1S/C20H21N7O3/c1-12-5-6-16(30-12)19-26-20(21)25-18-15(9-22-27(18)19)24-17-4-2-3-13(23-17)10-29-14-7-8-28-11-14/h2-6,9,14H,7-8,10-11H2,1H3,(H2,21,25)(H,23,24)/t14-/m0/s1. The monoisotopic (exact) mass is 407 g/mol. The molecule has 3 N–H and O–H groups in total. The van der Waals surface area contributed by atoms with Crippen LogP contribution in [0.15, 0.2) is 40.9 Å². The maximum absolute atomic E-state index is 5.94. The first-order valence-corrected chi connectivity index (χ1v) is 9.66. The number of ether oxygens (including phenoxy) is 2. The van der Waals surface area contributed by atoms with E-state index in [4.69, 9.17) is 19.6 Å². The van der Waals surface area contributed by atoms with Crippen molar-refractivity contribution in [1.29, 1.82) is 0 Å². The first-order valence-electron chi connectivity index (χ1n) is 9.66. The maximum Gasteiger partial charge on any atom is 0.224 e. The molecule has 1 aliphatic heterocycles. The lowest BCUT2D eigenvalue weighted by Crippen LogP contribution is -2.12. The number of hydrogen-bond acceptors (Lipinski definition) is 9. The number of nitrogen functional groups attached to an aromatic ring is 1. The van der Waals surface area contributed by atoms with Crippen LogP contribution in [0.5, 0.6) is 0 Å². The second kappa shape index (κ2) is 7.73. The van der Waals surface area contributed by atoms with Crippen LogP contribution in [0.2, 0.25) is 0 Å². The van der Waals surface area contributed by atoms with Crippen molar-refractivity contribution >= 4 is 23.1 Å². The summed E-state index contributed by atoms with van der Waals surface area (Å²) in [5, 5.41) is 7.66. The van der Waals surface area contributed by atoms with Crippen molar-refractivity contribution in [3.05, 3.63) is 48.0 Å². The topological polar surface area (TPSA) is 126 Å². The maximum atomic E-state index is 5.94. The van der Waals surface area contributed by atoms with Crippen LogP contribution in [0.3, 0.4) is 0 Å². The van der Waals surface area contributed by atoms with Crippen molar-refractivity contribution in [3.63, 3.8) is 0 Å². The van der Waals surface area contributed by atoms with E-state index in [1.54, 1.807) is 10.7 Å². The Morgan fingerprint density at radius 3 is 2.97 bits per heavy atom. The Bertz CT molecular complexity index is 1180. The molecular weight excluding hydrogens is 386 g/mol. The molecule has 10 heteroatoms. The van der Waals surface area contributed by atoms with Gasteiger partial charge in [0.1, 0.15) is 17.3 Å². The van der Waals surface area contributed by atoms with Gasteiger partial charge in [-0.05, 0) is 37.6 Å². The number of nitrogens with zero attached hydrogens (tertiary/aromatic N) is 5. The van der Waals surface area contributed by atoms with Crippen molar-refractivity contribution in [3.8, 4) is 11.6 Å². The average molecular weight is 407 g/mol. The normalized spacial score (nSPS) is 16.4. The van der Waals surface area contributed by atoms with E-state index in [1.165, 1.54) is 0 Å². The Labute approximate surface area is 172 Å². The zero-order valence-corrected chi connectivity index (χ0v) is 16.4. The largest absolute Gasteiger partial charge is 0.458 e. The summed E-state index contributed by atoms with van der Waals surface area (Å²) >= 11 is 0. The Balaban J connectivity index is 1.40. The molecule has 1 aliphatic rings. The van der Waals surface area contributed by atoms with Crippen molar-refractivity contribution in [1.82, 2.24) is 24.6 Å². The third kappa shape index (κ3) is 3.70. The number of hydrogen-bond donors (Lipinski definition) is 2. The van der Waals surface area contributed by atoms with Gasteiger partial charge in [0.2, 0.25) is 11.8 Å². The molecule has 0 saturated carbocycles. The molecule has 154 valence electrons. The number of aromatic nitrogens is 5. The Morgan fingerprint density at radius 2 is 2.17 bits per heavy atom. The van der Waals surface area contributed by atoms with Crippen LogP contribution < -0.4 is 11.1 Å². The summed E-state index contributed by atoms with van der Waals surface area (Å²) in [6.45, 7) is 3.68. The zero-order valence-electron chi connectivity index (χ0n) is 16.4.